The van der Waals surface area contributed by atoms with Gasteiger partial charge in [0.25, 0.3) is 0 Å². The summed E-state index contributed by atoms with van der Waals surface area (Å²) in [5.41, 5.74) is 4.87. The topological polar surface area (TPSA) is 54.5 Å². The van der Waals surface area contributed by atoms with Gasteiger partial charge in [0.2, 0.25) is 0 Å². The van der Waals surface area contributed by atoms with Crippen LogP contribution in [-0.4, -0.2) is 37.4 Å². The Bertz CT molecular complexity index is 1250. The number of nitrogens with zero attached hydrogens (tertiary/aromatic N) is 2. The van der Waals surface area contributed by atoms with Crippen molar-refractivity contribution >= 4 is 35.3 Å². The van der Waals surface area contributed by atoms with Gasteiger partial charge in [-0.15, -0.1) is 11.3 Å². The fourth-order valence-corrected chi connectivity index (χ4v) is 5.07. The van der Waals surface area contributed by atoms with Crippen LogP contribution >= 0.6 is 23.3 Å². The number of carbonyl (C=O) groups is 1. The first-order valence-electron chi connectivity index (χ1n) is 10.4. The van der Waals surface area contributed by atoms with E-state index in [4.69, 9.17) is 4.74 Å². The monoisotopic (exact) mass is 475 g/mol. The summed E-state index contributed by atoms with van der Waals surface area (Å²) in [5.74, 6) is 0.828. The first kappa shape index (κ1) is 23.0. The highest BCUT2D eigenvalue weighted by atomic mass is 32.2. The Labute approximate surface area is 202 Å². The van der Waals surface area contributed by atoms with Crippen molar-refractivity contribution in [3.8, 4) is 26.6 Å². The van der Waals surface area contributed by atoms with Crippen LogP contribution in [0.2, 0.25) is 0 Å². The maximum Gasteiger partial charge on any atom is 0.150 e. The Morgan fingerprint density at radius 2 is 1.85 bits per heavy atom. The second kappa shape index (κ2) is 10.7. The average Bonchev–Trinajstić information content (AvgIpc) is 3.33. The number of nitrogens with one attached hydrogen (secondary N) is 1. The predicted octanol–water partition coefficient (Wildman–Crippen LogP) is 6.48. The molecule has 0 unspecified atom stereocenters. The van der Waals surface area contributed by atoms with Crippen LogP contribution in [0.25, 0.3) is 20.9 Å². The van der Waals surface area contributed by atoms with E-state index < -0.39 is 0 Å². The van der Waals surface area contributed by atoms with Gasteiger partial charge in [-0.25, -0.2) is 0 Å². The lowest BCUT2D eigenvalue weighted by Crippen LogP contribution is -2.12. The number of thiophene rings is 1. The third-order valence-corrected chi connectivity index (χ3v) is 7.01. The highest BCUT2D eigenvalue weighted by Gasteiger charge is 2.10. The molecule has 0 saturated carbocycles. The summed E-state index contributed by atoms with van der Waals surface area (Å²) in [6, 6.07) is 20.3. The summed E-state index contributed by atoms with van der Waals surface area (Å²) in [5, 5.41) is 0. The van der Waals surface area contributed by atoms with Crippen molar-refractivity contribution in [1.82, 2.24) is 9.88 Å². The van der Waals surface area contributed by atoms with Gasteiger partial charge < -0.3 is 14.4 Å². The molecule has 4 rings (SSSR count). The van der Waals surface area contributed by atoms with Crippen LogP contribution in [0.1, 0.15) is 15.9 Å². The van der Waals surface area contributed by atoms with Crippen LogP contribution in [0.5, 0.6) is 5.75 Å². The van der Waals surface area contributed by atoms with Crippen LogP contribution in [0, 0.1) is 0 Å². The molecule has 0 aliphatic carbocycles. The number of hydrogen-bond donors (Lipinski definition) is 1. The number of rotatable bonds is 9. The molecule has 0 aliphatic heterocycles. The van der Waals surface area contributed by atoms with Gasteiger partial charge in [-0.2, -0.15) is 0 Å². The molecule has 7 heteroatoms. The molecule has 5 nitrogen and oxygen atoms in total. The van der Waals surface area contributed by atoms with Crippen LogP contribution in [-0.2, 0) is 6.54 Å². The van der Waals surface area contributed by atoms with Crippen molar-refractivity contribution in [2.45, 2.75) is 11.4 Å². The second-order valence-electron chi connectivity index (χ2n) is 7.78. The Morgan fingerprint density at radius 3 is 2.61 bits per heavy atom. The van der Waals surface area contributed by atoms with E-state index in [1.54, 1.807) is 18.4 Å². The van der Waals surface area contributed by atoms with Crippen LogP contribution in [0.4, 0.5) is 5.69 Å². The Balaban J connectivity index is 1.52. The molecule has 4 aromatic rings. The smallest absolute Gasteiger partial charge is 0.150 e. The van der Waals surface area contributed by atoms with Gasteiger partial charge in [-0.1, -0.05) is 18.2 Å². The molecule has 0 bridgehead atoms. The van der Waals surface area contributed by atoms with E-state index in [9.17, 15) is 4.79 Å². The molecule has 0 aliphatic rings. The summed E-state index contributed by atoms with van der Waals surface area (Å²) in [4.78, 5) is 21.3. The SMILES string of the molecule is COc1cccc(SNc2cncc(-c3ccc(-c4ccc(C=O)c(CN(C)C)c4)s3)c2)c1. The van der Waals surface area contributed by atoms with Crippen molar-refractivity contribution in [2.24, 2.45) is 0 Å². The highest BCUT2D eigenvalue weighted by Crippen LogP contribution is 2.36. The van der Waals surface area contributed by atoms with Gasteiger partial charge in [-0.3, -0.25) is 9.78 Å². The number of pyridine rings is 1. The number of aromatic nitrogens is 1. The van der Waals surface area contributed by atoms with Gasteiger partial charge in [0, 0.05) is 38.5 Å². The summed E-state index contributed by atoms with van der Waals surface area (Å²) < 4.78 is 8.65. The van der Waals surface area contributed by atoms with E-state index in [-0.39, 0.29) is 0 Å². The molecule has 168 valence electrons. The molecule has 0 atom stereocenters. The number of benzene rings is 2. The standard InChI is InChI=1S/C26H25N3O2S2/c1-29(2)16-21-11-18(7-8-19(21)17-30)25-9-10-26(32-25)20-12-22(15-27-14-20)28-33-24-6-4-5-23(13-24)31-3/h4-15,17,28H,16H2,1-3H3. The van der Waals surface area contributed by atoms with Gasteiger partial charge >= 0.3 is 0 Å². The molecule has 0 saturated heterocycles. The quantitative estimate of drug-likeness (QED) is 0.221. The molecule has 1 N–H and O–H groups in total. The third kappa shape index (κ3) is 5.82. The van der Waals surface area contributed by atoms with E-state index in [2.05, 4.69) is 38.9 Å². The zero-order chi connectivity index (χ0) is 23.2. The molecular formula is C26H25N3O2S2. The van der Waals surface area contributed by atoms with Gasteiger partial charge in [0.1, 0.15) is 12.0 Å². The molecule has 0 amide bonds. The molecule has 2 aromatic heterocycles. The van der Waals surface area contributed by atoms with Crippen molar-refractivity contribution in [1.29, 1.82) is 0 Å². The van der Waals surface area contributed by atoms with E-state index in [1.165, 1.54) is 11.9 Å². The average molecular weight is 476 g/mol. The van der Waals surface area contributed by atoms with Crippen molar-refractivity contribution in [3.05, 3.63) is 84.2 Å². The molecule has 33 heavy (non-hydrogen) atoms. The summed E-state index contributed by atoms with van der Waals surface area (Å²) in [6.07, 6.45) is 4.62. The minimum absolute atomic E-state index is 0.725. The van der Waals surface area contributed by atoms with Gasteiger partial charge in [0.15, 0.2) is 0 Å². The first-order chi connectivity index (χ1) is 16.1. The minimum Gasteiger partial charge on any atom is -0.497 e. The van der Waals surface area contributed by atoms with E-state index >= 15 is 0 Å². The lowest BCUT2D eigenvalue weighted by molar-refractivity contribution is 0.112. The maximum absolute atomic E-state index is 11.4. The van der Waals surface area contributed by atoms with Gasteiger partial charge in [0.05, 0.1) is 19.0 Å². The lowest BCUT2D eigenvalue weighted by atomic mass is 10.0. The number of ether oxygens (including phenoxy) is 1. The number of anilines is 1. The van der Waals surface area contributed by atoms with Crippen molar-refractivity contribution < 1.29 is 9.53 Å². The summed E-state index contributed by atoms with van der Waals surface area (Å²) in [6.45, 7) is 0.725. The number of hydrogen-bond acceptors (Lipinski definition) is 7. The lowest BCUT2D eigenvalue weighted by Gasteiger charge is -2.12. The fourth-order valence-electron chi connectivity index (χ4n) is 3.41. The Morgan fingerprint density at radius 1 is 1.03 bits per heavy atom. The third-order valence-electron chi connectivity index (χ3n) is 5.00. The van der Waals surface area contributed by atoms with E-state index in [0.29, 0.717) is 0 Å². The highest BCUT2D eigenvalue weighted by molar-refractivity contribution is 8.00. The number of aldehydes is 1. The Kier molecular flexibility index (Phi) is 7.44. The van der Waals surface area contributed by atoms with Crippen LogP contribution < -0.4 is 9.46 Å². The summed E-state index contributed by atoms with van der Waals surface area (Å²) >= 11 is 3.23. The molecule has 0 fully saturated rings. The summed E-state index contributed by atoms with van der Waals surface area (Å²) in [7, 11) is 5.68. The molecule has 2 aromatic carbocycles. The number of carbonyl (C=O) groups excluding carboxylic acids is 1. The van der Waals surface area contributed by atoms with Crippen molar-refractivity contribution in [3.63, 3.8) is 0 Å². The molecular weight excluding hydrogens is 450 g/mol. The minimum atomic E-state index is 0.725. The van der Waals surface area contributed by atoms with Gasteiger partial charge in [-0.05, 0) is 79.6 Å². The van der Waals surface area contributed by atoms with Crippen LogP contribution in [0.15, 0.2) is 78.0 Å². The number of methoxy groups -OCH3 is 1. The molecule has 0 radical (unpaired) electrons. The predicted molar refractivity (Wildman–Crippen MR) is 138 cm³/mol. The van der Waals surface area contributed by atoms with Crippen molar-refractivity contribution in [2.75, 3.05) is 25.9 Å². The molecule has 0 spiro atoms. The largest absolute Gasteiger partial charge is 0.497 e. The van der Waals surface area contributed by atoms with E-state index in [1.807, 2.05) is 62.9 Å². The molecule has 2 heterocycles. The Hall–Kier alpha value is -3.13. The first-order valence-corrected chi connectivity index (χ1v) is 12.0. The van der Waals surface area contributed by atoms with Crippen LogP contribution in [0.3, 0.4) is 0 Å². The fraction of sp³-hybridized carbons (Fsp3) is 0.154. The normalized spacial score (nSPS) is 10.9. The van der Waals surface area contributed by atoms with E-state index in [0.717, 1.165) is 61.2 Å². The second-order valence-corrected chi connectivity index (χ2v) is 9.74. The zero-order valence-corrected chi connectivity index (χ0v) is 20.4. The maximum atomic E-state index is 11.4. The zero-order valence-electron chi connectivity index (χ0n) is 18.7.